The number of nitrogens with zero attached hydrogens (tertiary/aromatic N) is 2. The molecule has 2 N–H and O–H groups in total. The van der Waals surface area contributed by atoms with Gasteiger partial charge >= 0.3 is 7.12 Å². The van der Waals surface area contributed by atoms with Crippen molar-refractivity contribution in [2.24, 2.45) is 5.41 Å². The lowest BCUT2D eigenvalue weighted by atomic mass is 9.79. The van der Waals surface area contributed by atoms with E-state index in [4.69, 9.17) is 11.6 Å². The summed E-state index contributed by atoms with van der Waals surface area (Å²) in [5.74, 6) is 0.136. The first kappa shape index (κ1) is 21.7. The minimum absolute atomic E-state index is 0.0418. The van der Waals surface area contributed by atoms with Crippen LogP contribution in [0.4, 0.5) is 5.69 Å². The monoisotopic (exact) mass is 414 g/mol. The molecule has 0 bridgehead atoms. The van der Waals surface area contributed by atoms with Crippen LogP contribution in [0.25, 0.3) is 0 Å². The van der Waals surface area contributed by atoms with Crippen molar-refractivity contribution < 1.29 is 14.8 Å². The third-order valence-electron chi connectivity index (χ3n) is 5.40. The number of hydrogen-bond acceptors (Lipinski definition) is 4. The number of halogens is 1. The first-order valence-corrected chi connectivity index (χ1v) is 10.2. The molecule has 0 aromatic heterocycles. The molecule has 5 nitrogen and oxygen atoms in total. The molecule has 1 amide bonds. The van der Waals surface area contributed by atoms with Crippen LogP contribution in [-0.2, 0) is 4.79 Å². The van der Waals surface area contributed by atoms with Gasteiger partial charge in [0.1, 0.15) is 0 Å². The van der Waals surface area contributed by atoms with Gasteiger partial charge in [0.2, 0.25) is 5.91 Å². The lowest BCUT2D eigenvalue weighted by Gasteiger charge is -2.45. The molecule has 1 aliphatic heterocycles. The Morgan fingerprint density at radius 3 is 2.31 bits per heavy atom. The lowest BCUT2D eigenvalue weighted by Crippen LogP contribution is -2.53. The van der Waals surface area contributed by atoms with Gasteiger partial charge in [0, 0.05) is 35.8 Å². The van der Waals surface area contributed by atoms with E-state index in [1.807, 2.05) is 62.9 Å². The molecule has 1 heterocycles. The van der Waals surface area contributed by atoms with Crippen LogP contribution in [0.3, 0.4) is 0 Å². The van der Waals surface area contributed by atoms with E-state index in [1.165, 1.54) is 0 Å². The zero-order valence-corrected chi connectivity index (χ0v) is 18.1. The summed E-state index contributed by atoms with van der Waals surface area (Å²) in [4.78, 5) is 17.2. The Labute approximate surface area is 178 Å². The summed E-state index contributed by atoms with van der Waals surface area (Å²) >= 11 is 6.15. The predicted octanol–water partition coefficient (Wildman–Crippen LogP) is 2.76. The van der Waals surface area contributed by atoms with Crippen molar-refractivity contribution >= 4 is 35.8 Å². The average molecular weight is 415 g/mol. The Morgan fingerprint density at radius 2 is 1.76 bits per heavy atom. The Kier molecular flexibility index (Phi) is 6.27. The number of rotatable bonds is 3. The van der Waals surface area contributed by atoms with Crippen molar-refractivity contribution in [3.63, 3.8) is 0 Å². The van der Waals surface area contributed by atoms with Gasteiger partial charge in [-0.1, -0.05) is 56.6 Å². The van der Waals surface area contributed by atoms with Crippen molar-refractivity contribution in [3.8, 4) is 0 Å². The van der Waals surface area contributed by atoms with Crippen LogP contribution in [-0.4, -0.2) is 47.6 Å². The number of hydrogen-bond donors (Lipinski definition) is 2. The lowest BCUT2D eigenvalue weighted by molar-refractivity contribution is -0.140. The van der Waals surface area contributed by atoms with E-state index in [0.717, 1.165) is 16.8 Å². The highest BCUT2D eigenvalue weighted by Gasteiger charge is 2.35. The summed E-state index contributed by atoms with van der Waals surface area (Å²) < 4.78 is 0. The quantitative estimate of drug-likeness (QED) is 0.758. The number of piperazine rings is 1. The summed E-state index contributed by atoms with van der Waals surface area (Å²) in [7, 11) is -1.50. The maximum atomic E-state index is 12.9. The van der Waals surface area contributed by atoms with Gasteiger partial charge in [-0.05, 0) is 41.7 Å². The fourth-order valence-corrected chi connectivity index (χ4v) is 4.07. The van der Waals surface area contributed by atoms with Crippen LogP contribution in [0.5, 0.6) is 0 Å². The van der Waals surface area contributed by atoms with Crippen LogP contribution in [0.15, 0.2) is 42.5 Å². The second-order valence-corrected chi connectivity index (χ2v) is 9.12. The molecule has 0 radical (unpaired) electrons. The number of benzene rings is 2. The third-order valence-corrected chi connectivity index (χ3v) is 5.63. The van der Waals surface area contributed by atoms with Gasteiger partial charge in [-0.2, -0.15) is 0 Å². The van der Waals surface area contributed by atoms with E-state index in [9.17, 15) is 14.8 Å². The highest BCUT2D eigenvalue weighted by Crippen LogP contribution is 2.34. The van der Waals surface area contributed by atoms with Crippen molar-refractivity contribution in [2.75, 3.05) is 24.5 Å². The van der Waals surface area contributed by atoms with Crippen molar-refractivity contribution in [3.05, 3.63) is 58.6 Å². The Bertz CT molecular complexity index is 881. The Balaban J connectivity index is 1.98. The molecular weight excluding hydrogens is 387 g/mol. The van der Waals surface area contributed by atoms with E-state index < -0.39 is 12.5 Å². The van der Waals surface area contributed by atoms with E-state index >= 15 is 0 Å². The number of carbonyl (C=O) groups is 1. The van der Waals surface area contributed by atoms with Gasteiger partial charge in [0.25, 0.3) is 0 Å². The SMILES string of the molecule is Cc1cc(Cl)ccc1N1CCN(C(=O)C(C)(C)C)C[C@H]1c1ccc(B(O)O)cc1. The summed E-state index contributed by atoms with van der Waals surface area (Å²) in [6.07, 6.45) is 0. The maximum absolute atomic E-state index is 12.9. The molecule has 1 saturated heterocycles. The standard InChI is InChI=1S/C22H28BClN2O3/c1-15-13-18(24)9-10-19(15)26-12-11-25(21(27)22(2,3)4)14-20(26)16-5-7-17(8-6-16)23(28)29/h5-10,13,20,28-29H,11-12,14H2,1-4H3/t20-/m0/s1. The number of aryl methyl sites for hydroxylation is 1. The summed E-state index contributed by atoms with van der Waals surface area (Å²) in [5, 5.41) is 19.5. The normalized spacial score (nSPS) is 17.4. The summed E-state index contributed by atoms with van der Waals surface area (Å²) in [5.41, 5.74) is 3.21. The first-order valence-electron chi connectivity index (χ1n) is 9.86. The van der Waals surface area contributed by atoms with Gasteiger partial charge < -0.3 is 19.8 Å². The molecule has 1 atom stereocenters. The Morgan fingerprint density at radius 1 is 1.10 bits per heavy atom. The van der Waals surface area contributed by atoms with Crippen LogP contribution in [0.1, 0.15) is 37.9 Å². The molecule has 1 aliphatic rings. The van der Waals surface area contributed by atoms with Crippen LogP contribution in [0, 0.1) is 12.3 Å². The molecule has 1 fully saturated rings. The van der Waals surface area contributed by atoms with Gasteiger partial charge in [0.05, 0.1) is 6.04 Å². The summed E-state index contributed by atoms with van der Waals surface area (Å²) in [6.45, 7) is 9.79. The zero-order valence-electron chi connectivity index (χ0n) is 17.4. The fraction of sp³-hybridized carbons (Fsp3) is 0.409. The fourth-order valence-electron chi connectivity index (χ4n) is 3.85. The first-order chi connectivity index (χ1) is 13.6. The molecule has 0 unspecified atom stereocenters. The van der Waals surface area contributed by atoms with Gasteiger partial charge in [-0.25, -0.2) is 0 Å². The molecule has 0 spiro atoms. The van der Waals surface area contributed by atoms with E-state index in [-0.39, 0.29) is 11.9 Å². The highest BCUT2D eigenvalue weighted by molar-refractivity contribution is 6.58. The molecule has 2 aromatic carbocycles. The summed E-state index contributed by atoms with van der Waals surface area (Å²) in [6, 6.07) is 13.1. The highest BCUT2D eigenvalue weighted by atomic mass is 35.5. The van der Waals surface area contributed by atoms with Crippen LogP contribution >= 0.6 is 11.6 Å². The molecule has 7 heteroatoms. The van der Waals surface area contributed by atoms with Crippen molar-refractivity contribution in [2.45, 2.75) is 33.7 Å². The minimum atomic E-state index is -1.50. The molecular formula is C22H28BClN2O3. The molecule has 2 aromatic rings. The smallest absolute Gasteiger partial charge is 0.423 e. The molecule has 3 rings (SSSR count). The van der Waals surface area contributed by atoms with E-state index in [2.05, 4.69) is 4.90 Å². The molecule has 0 saturated carbocycles. The van der Waals surface area contributed by atoms with Gasteiger partial charge in [-0.3, -0.25) is 4.79 Å². The van der Waals surface area contributed by atoms with Crippen LogP contribution in [0.2, 0.25) is 5.02 Å². The van der Waals surface area contributed by atoms with Gasteiger partial charge in [0.15, 0.2) is 0 Å². The van der Waals surface area contributed by atoms with E-state index in [1.54, 1.807) is 12.1 Å². The minimum Gasteiger partial charge on any atom is -0.423 e. The van der Waals surface area contributed by atoms with E-state index in [0.29, 0.717) is 30.1 Å². The van der Waals surface area contributed by atoms with Crippen molar-refractivity contribution in [1.82, 2.24) is 4.90 Å². The maximum Gasteiger partial charge on any atom is 0.488 e. The second-order valence-electron chi connectivity index (χ2n) is 8.68. The Hall–Kier alpha value is -2.02. The predicted molar refractivity (Wildman–Crippen MR) is 119 cm³/mol. The number of amides is 1. The topological polar surface area (TPSA) is 64.0 Å². The third kappa shape index (κ3) is 4.77. The number of anilines is 1. The molecule has 29 heavy (non-hydrogen) atoms. The molecule has 154 valence electrons. The average Bonchev–Trinajstić information content (AvgIpc) is 2.66. The molecule has 0 aliphatic carbocycles. The zero-order chi connectivity index (χ0) is 21.3. The second kappa shape index (κ2) is 8.38. The van der Waals surface area contributed by atoms with Crippen LogP contribution < -0.4 is 10.4 Å². The van der Waals surface area contributed by atoms with Crippen molar-refractivity contribution in [1.29, 1.82) is 0 Å². The van der Waals surface area contributed by atoms with Gasteiger partial charge in [-0.15, -0.1) is 0 Å². The largest absolute Gasteiger partial charge is 0.488 e. The number of carbonyl (C=O) groups excluding carboxylic acids is 1.